The van der Waals surface area contributed by atoms with Gasteiger partial charge in [-0.2, -0.15) is 12.6 Å². The lowest BCUT2D eigenvalue weighted by molar-refractivity contribution is 0.158. The molecule has 0 aliphatic heterocycles. The number of thiol groups is 1. The Balaban J connectivity index is 2.18. The lowest BCUT2D eigenvalue weighted by Gasteiger charge is -2.18. The van der Waals surface area contributed by atoms with Crippen LogP contribution in [0.2, 0.25) is 0 Å². The van der Waals surface area contributed by atoms with E-state index in [9.17, 15) is 5.11 Å². The van der Waals surface area contributed by atoms with Crippen molar-refractivity contribution >= 4 is 12.6 Å². The predicted octanol–water partition coefficient (Wildman–Crippen LogP) is 4.77. The van der Waals surface area contributed by atoms with Crippen molar-refractivity contribution in [2.45, 2.75) is 63.2 Å². The highest BCUT2D eigenvalue weighted by molar-refractivity contribution is 7.80. The molecule has 2 heteroatoms. The zero-order chi connectivity index (χ0) is 13.2. The summed E-state index contributed by atoms with van der Waals surface area (Å²) in [5, 5.41) is 10.0. The van der Waals surface area contributed by atoms with Crippen LogP contribution in [0.15, 0.2) is 30.3 Å². The molecule has 0 heterocycles. The van der Waals surface area contributed by atoms with E-state index in [1.165, 1.54) is 32.1 Å². The van der Waals surface area contributed by atoms with Crippen molar-refractivity contribution < 1.29 is 5.11 Å². The summed E-state index contributed by atoms with van der Waals surface area (Å²) in [6.45, 7) is 2.23. The molecule has 0 spiro atoms. The molecule has 1 nitrogen and oxygen atoms in total. The summed E-state index contributed by atoms with van der Waals surface area (Å²) in [6, 6.07) is 10.0. The second-order valence-corrected chi connectivity index (χ2v) is 5.54. The van der Waals surface area contributed by atoms with Crippen LogP contribution in [0, 0.1) is 0 Å². The molecule has 0 amide bonds. The van der Waals surface area contributed by atoms with Gasteiger partial charge in [-0.25, -0.2) is 0 Å². The summed E-state index contributed by atoms with van der Waals surface area (Å²) in [7, 11) is 0. The number of hydrogen-bond acceptors (Lipinski definition) is 2. The Hall–Kier alpha value is -0.470. The van der Waals surface area contributed by atoms with E-state index in [2.05, 4.69) is 19.6 Å². The van der Waals surface area contributed by atoms with Crippen LogP contribution in [-0.2, 0) is 0 Å². The second-order valence-electron chi connectivity index (χ2n) is 4.98. The Morgan fingerprint density at radius 1 is 1.00 bits per heavy atom. The van der Waals surface area contributed by atoms with Gasteiger partial charge in [-0.05, 0) is 12.0 Å². The van der Waals surface area contributed by atoms with Crippen LogP contribution in [0.3, 0.4) is 0 Å². The van der Waals surface area contributed by atoms with Crippen LogP contribution < -0.4 is 0 Å². The minimum Gasteiger partial charge on any atom is -0.392 e. The molecular weight excluding hydrogens is 240 g/mol. The third-order valence-electron chi connectivity index (χ3n) is 3.36. The molecule has 1 aromatic carbocycles. The molecule has 1 N–H and O–H groups in total. The van der Waals surface area contributed by atoms with E-state index in [0.29, 0.717) is 0 Å². The molecule has 1 aromatic rings. The molecule has 0 saturated carbocycles. The Morgan fingerprint density at radius 3 is 2.28 bits per heavy atom. The highest BCUT2D eigenvalue weighted by Gasteiger charge is 2.16. The van der Waals surface area contributed by atoms with Crippen LogP contribution in [0.5, 0.6) is 0 Å². The van der Waals surface area contributed by atoms with Gasteiger partial charge in [0.2, 0.25) is 0 Å². The van der Waals surface area contributed by atoms with E-state index >= 15 is 0 Å². The molecule has 0 aliphatic carbocycles. The Bertz CT molecular complexity index is 299. The van der Waals surface area contributed by atoms with Gasteiger partial charge in [0, 0.05) is 0 Å². The molecule has 102 valence electrons. The minimum atomic E-state index is -0.332. The first-order valence-corrected chi connectivity index (χ1v) is 7.68. The first-order chi connectivity index (χ1) is 8.75. The van der Waals surface area contributed by atoms with Gasteiger partial charge in [-0.3, -0.25) is 0 Å². The van der Waals surface area contributed by atoms with Crippen LogP contribution in [0.25, 0.3) is 0 Å². The molecular formula is C16H26OS. The Kier molecular flexibility index (Phi) is 8.19. The first kappa shape index (κ1) is 15.6. The van der Waals surface area contributed by atoms with E-state index in [4.69, 9.17) is 0 Å². The van der Waals surface area contributed by atoms with Crippen LogP contribution >= 0.6 is 12.6 Å². The van der Waals surface area contributed by atoms with Crippen molar-refractivity contribution in [3.63, 3.8) is 0 Å². The molecule has 0 bridgehead atoms. The lowest BCUT2D eigenvalue weighted by atomic mass is 10.0. The molecule has 0 aromatic heterocycles. The number of hydrogen-bond donors (Lipinski definition) is 2. The number of aliphatic hydroxyl groups is 1. The van der Waals surface area contributed by atoms with Gasteiger partial charge in [0.15, 0.2) is 0 Å². The van der Waals surface area contributed by atoms with E-state index in [-0.39, 0.29) is 11.4 Å². The van der Waals surface area contributed by atoms with E-state index in [1.54, 1.807) is 0 Å². The molecule has 18 heavy (non-hydrogen) atoms. The molecule has 0 unspecified atom stereocenters. The fourth-order valence-corrected chi connectivity index (χ4v) is 2.49. The first-order valence-electron chi connectivity index (χ1n) is 7.16. The van der Waals surface area contributed by atoms with Crippen molar-refractivity contribution in [1.82, 2.24) is 0 Å². The highest BCUT2D eigenvalue weighted by Crippen LogP contribution is 2.26. The zero-order valence-corrected chi connectivity index (χ0v) is 12.3. The monoisotopic (exact) mass is 266 g/mol. The average molecular weight is 266 g/mol. The Labute approximate surface area is 117 Å². The number of aliphatic hydroxyl groups excluding tert-OH is 1. The Morgan fingerprint density at radius 2 is 1.61 bits per heavy atom. The fourth-order valence-electron chi connectivity index (χ4n) is 2.16. The van der Waals surface area contributed by atoms with Gasteiger partial charge in [0.25, 0.3) is 0 Å². The quantitative estimate of drug-likeness (QED) is 0.487. The maximum absolute atomic E-state index is 10.1. The maximum Gasteiger partial charge on any atom is 0.0697 e. The normalized spacial score (nSPS) is 14.4. The van der Waals surface area contributed by atoms with Crippen LogP contribution in [0.4, 0.5) is 0 Å². The summed E-state index contributed by atoms with van der Waals surface area (Å²) in [5.41, 5.74) is 1.11. The SMILES string of the molecule is CCCCCCCC[C@H](O)[C@@H](S)c1ccccc1. The number of rotatable bonds is 9. The third kappa shape index (κ3) is 5.92. The van der Waals surface area contributed by atoms with Gasteiger partial charge in [-0.15, -0.1) is 0 Å². The molecule has 0 radical (unpaired) electrons. The maximum atomic E-state index is 10.1. The predicted molar refractivity (Wildman–Crippen MR) is 82.2 cm³/mol. The number of unbranched alkanes of at least 4 members (excludes halogenated alkanes) is 5. The molecule has 1 rings (SSSR count). The van der Waals surface area contributed by atoms with Crippen molar-refractivity contribution in [3.8, 4) is 0 Å². The van der Waals surface area contributed by atoms with Crippen LogP contribution in [0.1, 0.15) is 62.7 Å². The van der Waals surface area contributed by atoms with Gasteiger partial charge >= 0.3 is 0 Å². The third-order valence-corrected chi connectivity index (χ3v) is 4.00. The summed E-state index contributed by atoms with van der Waals surface area (Å²) >= 11 is 4.52. The largest absolute Gasteiger partial charge is 0.392 e. The van der Waals surface area contributed by atoms with Gasteiger partial charge in [0.1, 0.15) is 0 Å². The highest BCUT2D eigenvalue weighted by atomic mass is 32.1. The summed E-state index contributed by atoms with van der Waals surface area (Å²) in [4.78, 5) is 0. The van der Waals surface area contributed by atoms with Gasteiger partial charge in [-0.1, -0.05) is 75.8 Å². The van der Waals surface area contributed by atoms with Crippen molar-refractivity contribution in [2.24, 2.45) is 0 Å². The average Bonchev–Trinajstić information content (AvgIpc) is 2.42. The lowest BCUT2D eigenvalue weighted by Crippen LogP contribution is -2.13. The molecule has 0 fully saturated rings. The minimum absolute atomic E-state index is 0.0539. The molecule has 2 atom stereocenters. The smallest absolute Gasteiger partial charge is 0.0697 e. The van der Waals surface area contributed by atoms with E-state index in [1.807, 2.05) is 30.3 Å². The summed E-state index contributed by atoms with van der Waals surface area (Å²) < 4.78 is 0. The van der Waals surface area contributed by atoms with Gasteiger partial charge in [0.05, 0.1) is 11.4 Å². The second kappa shape index (κ2) is 9.46. The van der Waals surface area contributed by atoms with Crippen LogP contribution in [-0.4, -0.2) is 11.2 Å². The number of benzene rings is 1. The zero-order valence-electron chi connectivity index (χ0n) is 11.4. The standard InChI is InChI=1S/C16H26OS/c1-2-3-4-5-6-10-13-15(17)16(18)14-11-8-7-9-12-14/h7-9,11-12,15-18H,2-6,10,13H2,1H3/t15-,16-/m0/s1. The molecule has 0 saturated heterocycles. The van der Waals surface area contributed by atoms with E-state index in [0.717, 1.165) is 18.4 Å². The van der Waals surface area contributed by atoms with Crippen molar-refractivity contribution in [3.05, 3.63) is 35.9 Å². The van der Waals surface area contributed by atoms with Crippen molar-refractivity contribution in [2.75, 3.05) is 0 Å². The fraction of sp³-hybridized carbons (Fsp3) is 0.625. The van der Waals surface area contributed by atoms with E-state index < -0.39 is 0 Å². The molecule has 0 aliphatic rings. The van der Waals surface area contributed by atoms with Gasteiger partial charge < -0.3 is 5.11 Å². The summed E-state index contributed by atoms with van der Waals surface area (Å²) in [6.07, 6.45) is 8.11. The summed E-state index contributed by atoms with van der Waals surface area (Å²) in [5.74, 6) is 0. The topological polar surface area (TPSA) is 20.2 Å². The van der Waals surface area contributed by atoms with Crippen molar-refractivity contribution in [1.29, 1.82) is 0 Å².